The molecule has 33 heavy (non-hydrogen) atoms. The van der Waals surface area contributed by atoms with Crippen molar-refractivity contribution in [1.82, 2.24) is 4.98 Å². The summed E-state index contributed by atoms with van der Waals surface area (Å²) in [4.78, 5) is 30.1. The maximum atomic E-state index is 12.7. The molecule has 6 unspecified atom stereocenters. The molecule has 6 rings (SSSR count). The quantitative estimate of drug-likeness (QED) is 0.647. The minimum atomic E-state index is -0.865. The third kappa shape index (κ3) is 2.63. The molecular weight excluding hydrogens is 422 g/mol. The lowest BCUT2D eigenvalue weighted by atomic mass is 9.57. The first-order valence-electron chi connectivity index (χ1n) is 11.7. The summed E-state index contributed by atoms with van der Waals surface area (Å²) >= 11 is 0. The molecular formula is C26H29NO6. The largest absolute Gasteiger partial charge is 0.472 e. The van der Waals surface area contributed by atoms with E-state index in [4.69, 9.17) is 18.9 Å². The van der Waals surface area contributed by atoms with E-state index in [1.54, 1.807) is 12.5 Å². The van der Waals surface area contributed by atoms with Crippen LogP contribution >= 0.6 is 0 Å². The maximum Gasteiger partial charge on any atom is 0.307 e. The topological polar surface area (TPSA) is 98.9 Å². The van der Waals surface area contributed by atoms with Crippen molar-refractivity contribution in [2.24, 2.45) is 16.7 Å². The lowest BCUT2D eigenvalue weighted by Gasteiger charge is -2.51. The molecule has 6 atom stereocenters. The highest BCUT2D eigenvalue weighted by atomic mass is 16.6. The Balaban J connectivity index is 1.51. The third-order valence-corrected chi connectivity index (χ3v) is 9.03. The Morgan fingerprint density at radius 1 is 1.09 bits per heavy atom. The van der Waals surface area contributed by atoms with E-state index < -0.39 is 23.2 Å². The van der Waals surface area contributed by atoms with Gasteiger partial charge >= 0.3 is 11.9 Å². The first-order chi connectivity index (χ1) is 15.6. The van der Waals surface area contributed by atoms with Crippen molar-refractivity contribution in [3.63, 3.8) is 0 Å². The average Bonchev–Trinajstić information content (AvgIpc) is 3.40. The number of esters is 2. The summed E-state index contributed by atoms with van der Waals surface area (Å²) in [6, 6.07) is 3.89. The highest BCUT2D eigenvalue weighted by molar-refractivity contribution is 5.74. The van der Waals surface area contributed by atoms with E-state index in [0.29, 0.717) is 11.3 Å². The van der Waals surface area contributed by atoms with Gasteiger partial charge in [0.15, 0.2) is 5.60 Å². The lowest BCUT2D eigenvalue weighted by Crippen LogP contribution is -2.49. The van der Waals surface area contributed by atoms with Crippen LogP contribution in [-0.2, 0) is 31.1 Å². The first-order valence-corrected chi connectivity index (χ1v) is 11.7. The Morgan fingerprint density at radius 2 is 1.88 bits per heavy atom. The second-order valence-corrected chi connectivity index (χ2v) is 11.2. The summed E-state index contributed by atoms with van der Waals surface area (Å²) in [5, 5.41) is 11.4. The van der Waals surface area contributed by atoms with E-state index in [1.807, 2.05) is 32.9 Å². The number of aliphatic hydroxyl groups excluding tert-OH is 1. The van der Waals surface area contributed by atoms with Gasteiger partial charge in [-0.05, 0) is 37.5 Å². The summed E-state index contributed by atoms with van der Waals surface area (Å²) in [7, 11) is 0. The molecule has 0 bridgehead atoms. The Bertz CT molecular complexity index is 1170. The zero-order chi connectivity index (χ0) is 23.3. The van der Waals surface area contributed by atoms with Gasteiger partial charge in [0.25, 0.3) is 0 Å². The minimum absolute atomic E-state index is 0.0906. The fourth-order valence-electron chi connectivity index (χ4n) is 7.11. The van der Waals surface area contributed by atoms with Crippen molar-refractivity contribution in [3.8, 4) is 0 Å². The minimum Gasteiger partial charge on any atom is -0.472 e. The van der Waals surface area contributed by atoms with Crippen LogP contribution in [-0.4, -0.2) is 22.0 Å². The molecule has 2 aromatic heterocycles. The molecule has 0 aromatic carbocycles. The van der Waals surface area contributed by atoms with Crippen molar-refractivity contribution in [1.29, 1.82) is 0 Å². The predicted molar refractivity (Wildman–Crippen MR) is 116 cm³/mol. The van der Waals surface area contributed by atoms with Crippen molar-refractivity contribution in [2.45, 2.75) is 77.1 Å². The Kier molecular flexibility index (Phi) is 4.10. The van der Waals surface area contributed by atoms with E-state index in [-0.39, 0.29) is 42.0 Å². The van der Waals surface area contributed by atoms with Gasteiger partial charge in [-0.1, -0.05) is 20.8 Å². The lowest BCUT2D eigenvalue weighted by molar-refractivity contribution is -0.171. The van der Waals surface area contributed by atoms with Gasteiger partial charge in [-0.15, -0.1) is 0 Å². The van der Waals surface area contributed by atoms with Crippen LogP contribution in [0.25, 0.3) is 0 Å². The Hall–Kier alpha value is -2.67. The zero-order valence-electron chi connectivity index (χ0n) is 19.4. The molecule has 2 fully saturated rings. The molecule has 2 aromatic rings. The van der Waals surface area contributed by atoms with Gasteiger partial charge in [-0.3, -0.25) is 14.6 Å². The third-order valence-electron chi connectivity index (χ3n) is 9.03. The fourth-order valence-corrected chi connectivity index (χ4v) is 7.11. The molecule has 2 aliphatic heterocycles. The number of nitrogens with zero attached hydrogens (tertiary/aromatic N) is 1. The number of ether oxygens (including phenoxy) is 2. The van der Waals surface area contributed by atoms with Crippen LogP contribution in [0.1, 0.15) is 93.2 Å². The van der Waals surface area contributed by atoms with Gasteiger partial charge in [-0.2, -0.15) is 0 Å². The van der Waals surface area contributed by atoms with Crippen LogP contribution in [0.4, 0.5) is 0 Å². The fraction of sp³-hybridized carbons (Fsp3) is 0.577. The van der Waals surface area contributed by atoms with Gasteiger partial charge in [0, 0.05) is 39.5 Å². The number of carbonyl (C=O) groups is 2. The van der Waals surface area contributed by atoms with Crippen LogP contribution in [0.15, 0.2) is 29.1 Å². The number of aromatic nitrogens is 1. The summed E-state index contributed by atoms with van der Waals surface area (Å²) in [5.74, 6) is -0.741. The monoisotopic (exact) mass is 451 g/mol. The SMILES string of the molecule is CC12OC(=O)CC1C(C)(C)C(O)c1cc3c(nc12)CCC1(C)C3CC(=O)OC1c1ccoc1. The second-order valence-electron chi connectivity index (χ2n) is 11.2. The number of pyridine rings is 1. The van der Waals surface area contributed by atoms with E-state index in [9.17, 15) is 14.7 Å². The molecule has 0 radical (unpaired) electrons. The Labute approximate surface area is 192 Å². The molecule has 1 N–H and O–H groups in total. The van der Waals surface area contributed by atoms with Crippen molar-refractivity contribution in [2.75, 3.05) is 0 Å². The van der Waals surface area contributed by atoms with E-state index in [2.05, 4.69) is 6.92 Å². The maximum absolute atomic E-state index is 12.7. The standard InChI is InChI=1S/C26H29NO6/c1-24(2)18-11-20(29)33-26(18,4)21-15(22(24)30)9-14-16-10-19(28)32-23(13-6-8-31-12-13)25(16,3)7-5-17(14)27-21/h6,8-9,12,16,18,22-23,30H,5,7,10-11H2,1-4H3. The van der Waals surface area contributed by atoms with Crippen LogP contribution < -0.4 is 0 Å². The van der Waals surface area contributed by atoms with Crippen LogP contribution in [0.3, 0.4) is 0 Å². The number of rotatable bonds is 1. The van der Waals surface area contributed by atoms with Crippen LogP contribution in [0.2, 0.25) is 0 Å². The van der Waals surface area contributed by atoms with Gasteiger partial charge in [-0.25, -0.2) is 0 Å². The highest BCUT2D eigenvalue weighted by Gasteiger charge is 2.62. The van der Waals surface area contributed by atoms with Crippen molar-refractivity contribution in [3.05, 3.63) is 52.7 Å². The molecule has 174 valence electrons. The van der Waals surface area contributed by atoms with Gasteiger partial charge in [0.1, 0.15) is 6.10 Å². The average molecular weight is 452 g/mol. The molecule has 7 heteroatoms. The number of furan rings is 1. The number of hydrogen-bond donors (Lipinski definition) is 1. The smallest absolute Gasteiger partial charge is 0.307 e. The summed E-state index contributed by atoms with van der Waals surface area (Å²) < 4.78 is 17.0. The zero-order valence-corrected chi connectivity index (χ0v) is 19.4. The highest BCUT2D eigenvalue weighted by Crippen LogP contribution is 2.62. The number of aliphatic hydroxyl groups is 1. The molecule has 0 saturated carbocycles. The number of cyclic esters (lactones) is 1. The number of carbonyl (C=O) groups excluding carboxylic acids is 2. The van der Waals surface area contributed by atoms with Crippen LogP contribution in [0, 0.1) is 16.7 Å². The summed E-state index contributed by atoms with van der Waals surface area (Å²) in [6.45, 7) is 8.07. The van der Waals surface area contributed by atoms with Crippen LogP contribution in [0.5, 0.6) is 0 Å². The Morgan fingerprint density at radius 3 is 2.61 bits per heavy atom. The van der Waals surface area contributed by atoms with E-state index in [0.717, 1.165) is 29.7 Å². The molecule has 4 aliphatic rings. The van der Waals surface area contributed by atoms with Crippen molar-refractivity contribution >= 4 is 11.9 Å². The van der Waals surface area contributed by atoms with Crippen molar-refractivity contribution < 1.29 is 28.6 Å². The number of hydrogen-bond acceptors (Lipinski definition) is 7. The molecule has 0 spiro atoms. The van der Waals surface area contributed by atoms with E-state index in [1.165, 1.54) is 0 Å². The molecule has 2 aliphatic carbocycles. The van der Waals surface area contributed by atoms with Gasteiger partial charge < -0.3 is 19.0 Å². The number of aryl methyl sites for hydroxylation is 1. The normalized spacial score (nSPS) is 38.5. The molecule has 2 saturated heterocycles. The molecule has 4 heterocycles. The predicted octanol–water partition coefficient (Wildman–Crippen LogP) is 4.25. The van der Waals surface area contributed by atoms with E-state index >= 15 is 0 Å². The first kappa shape index (κ1) is 20.9. The summed E-state index contributed by atoms with van der Waals surface area (Å²) in [5.41, 5.74) is 2.40. The van der Waals surface area contributed by atoms with Gasteiger partial charge in [0.05, 0.1) is 37.2 Å². The number of fused-ring (bicyclic) bond motifs is 6. The molecule has 0 amide bonds. The molecule has 7 nitrogen and oxygen atoms in total. The second kappa shape index (κ2) is 6.47. The summed E-state index contributed by atoms with van der Waals surface area (Å²) in [6.07, 6.45) is 4.13. The van der Waals surface area contributed by atoms with Gasteiger partial charge in [0.2, 0.25) is 0 Å².